The van der Waals surface area contributed by atoms with Gasteiger partial charge in [0.1, 0.15) is 67.0 Å². The number of furan rings is 6. The second kappa shape index (κ2) is 28.2. The van der Waals surface area contributed by atoms with Crippen molar-refractivity contribution in [1.29, 1.82) is 0 Å². The van der Waals surface area contributed by atoms with Crippen molar-refractivity contribution in [2.24, 2.45) is 0 Å². The maximum absolute atomic E-state index is 6.85. The molecule has 0 spiro atoms. The van der Waals surface area contributed by atoms with Crippen molar-refractivity contribution in [3.63, 3.8) is 0 Å². The maximum atomic E-state index is 6.85. The van der Waals surface area contributed by atoms with Crippen LogP contribution in [0.15, 0.2) is 451 Å². The molecule has 8 heteroatoms. The molecule has 128 heavy (non-hydrogen) atoms. The molecule has 8 heterocycles. The number of hydrogen-bond donors (Lipinski definition) is 0. The fraction of sp³-hybridized carbons (Fsp3) is 0. The van der Waals surface area contributed by atoms with E-state index in [1.807, 2.05) is 18.2 Å². The summed E-state index contributed by atoms with van der Waals surface area (Å²) < 4.78 is 44.8. The Morgan fingerprint density at radius 1 is 0.125 bits per heavy atom. The molecule has 28 aromatic rings. The van der Waals surface area contributed by atoms with E-state index in [4.69, 9.17) is 26.5 Å². The Morgan fingerprint density at radius 2 is 0.328 bits per heavy atom. The number of benzene rings is 20. The number of fused-ring (bicyclic) bond motifs is 24. The van der Waals surface area contributed by atoms with E-state index in [0.29, 0.717) is 0 Å². The minimum atomic E-state index is 0.807. The Bertz CT molecular complexity index is 8850. The van der Waals surface area contributed by atoms with Crippen LogP contribution < -0.4 is 0 Å². The minimum Gasteiger partial charge on any atom is -0.456 e. The zero-order valence-corrected chi connectivity index (χ0v) is 68.8. The van der Waals surface area contributed by atoms with Gasteiger partial charge >= 0.3 is 0 Å². The van der Waals surface area contributed by atoms with Crippen LogP contribution in [-0.4, -0.2) is 9.13 Å². The zero-order chi connectivity index (χ0) is 83.8. The van der Waals surface area contributed by atoms with E-state index in [0.717, 1.165) is 221 Å². The second-order valence-electron chi connectivity index (χ2n) is 33.6. The van der Waals surface area contributed by atoms with Gasteiger partial charge in [-0.05, 0) is 236 Å². The van der Waals surface area contributed by atoms with Crippen LogP contribution >= 0.6 is 0 Å². The maximum Gasteiger partial charge on any atom is 0.147 e. The number of rotatable bonds is 10. The normalized spacial score (nSPS) is 12.1. The summed E-state index contributed by atoms with van der Waals surface area (Å²) in [4.78, 5) is 0. The van der Waals surface area contributed by atoms with Crippen LogP contribution in [0.3, 0.4) is 0 Å². The average molecular weight is 1640 g/mol. The number of nitrogens with zero attached hydrogens (tertiary/aromatic N) is 2. The lowest BCUT2D eigenvalue weighted by Gasteiger charge is -2.10. The van der Waals surface area contributed by atoms with Crippen LogP contribution in [0.5, 0.6) is 0 Å². The summed E-state index contributed by atoms with van der Waals surface area (Å²) in [6.07, 6.45) is 0. The molecule has 0 atom stereocenters. The molecule has 20 aromatic carbocycles. The third-order valence-electron chi connectivity index (χ3n) is 26.4. The van der Waals surface area contributed by atoms with Gasteiger partial charge in [-0.15, -0.1) is 0 Å². The molecular formula is C120H70N2O6. The SMILES string of the molecule is c1ccc(-c2c3oc4ccc(-c5cccc(-n6c7ccccc7c7ccccc76)c5)cc4c3cc3c2oc2ccc(-c4cccc(-n5c6ccccc6c6ccccc65)c4)cc23)cc1.c1ccc(-c2ccc3oc4ccc(-c5ccc6oc7c(-c8ccccc8)c8oc9ccc(-c%10ccc%11oc%12ccc(-c%13ccccc%13)cc%12c%11c%10)cc9c8cc7c6c5)cc4c3c2)cc1. The highest BCUT2D eigenvalue weighted by atomic mass is 16.4. The summed E-state index contributed by atoms with van der Waals surface area (Å²) in [5.74, 6) is 0. The van der Waals surface area contributed by atoms with Crippen molar-refractivity contribution in [2.45, 2.75) is 0 Å². The molecule has 0 unspecified atom stereocenters. The Labute approximate surface area is 731 Å². The molecule has 0 saturated heterocycles. The van der Waals surface area contributed by atoms with Gasteiger partial charge in [-0.25, -0.2) is 0 Å². The van der Waals surface area contributed by atoms with E-state index in [1.54, 1.807) is 0 Å². The quantitative estimate of drug-likeness (QED) is 0.136. The van der Waals surface area contributed by atoms with Gasteiger partial charge in [0.25, 0.3) is 0 Å². The van der Waals surface area contributed by atoms with Crippen molar-refractivity contribution in [3.05, 3.63) is 425 Å². The summed E-state index contributed by atoms with van der Waals surface area (Å²) in [5.41, 5.74) is 34.8. The van der Waals surface area contributed by atoms with E-state index in [-0.39, 0.29) is 0 Å². The van der Waals surface area contributed by atoms with E-state index in [1.165, 1.54) is 54.7 Å². The number of aromatic nitrogens is 2. The lowest BCUT2D eigenvalue weighted by atomic mass is 9.96. The first-order valence-electron chi connectivity index (χ1n) is 43.4. The van der Waals surface area contributed by atoms with Crippen molar-refractivity contribution in [3.8, 4) is 100 Å². The first-order valence-corrected chi connectivity index (χ1v) is 43.4. The largest absolute Gasteiger partial charge is 0.456 e. The third kappa shape index (κ3) is 11.3. The van der Waals surface area contributed by atoms with Gasteiger partial charge in [0.2, 0.25) is 0 Å². The molecule has 0 aliphatic carbocycles. The molecule has 0 aliphatic rings. The standard InChI is InChI=1S/C60H36N2O2.C60H34O4/c1-2-14-37(15-3-1)58-59-50(48-34-40(28-30-56(48)63-59)38-16-12-18-42(32-38)61-52-24-8-4-20-44(52)45-21-5-9-25-53(45)61)36-51-49-35-41(29-31-57(49)64-60(51)58)39-17-13-19-43(33-39)62-54-26-10-6-22-46(54)47-23-7-11-27-55(47)62;1-4-10-35(11-5-1)38-16-22-52-44(28-38)46-30-40(18-24-54(46)61-52)42-20-26-56-48(32-42)50-34-51-49-33-43(21-27-57(49)64-60(51)58(59(50)63-56)37-14-8-3-9-15-37)41-19-25-55-47(31-41)45-29-39(17-23-53(45)62-55)36-12-6-2-7-13-36/h1-36H;1-34H. The molecule has 0 fully saturated rings. The highest BCUT2D eigenvalue weighted by Crippen LogP contribution is 2.50. The van der Waals surface area contributed by atoms with Crippen molar-refractivity contribution in [1.82, 2.24) is 9.13 Å². The smallest absolute Gasteiger partial charge is 0.147 e. The fourth-order valence-electron chi connectivity index (χ4n) is 20.3. The predicted molar refractivity (Wildman–Crippen MR) is 529 cm³/mol. The van der Waals surface area contributed by atoms with E-state index in [2.05, 4.69) is 416 Å². The molecule has 0 radical (unpaired) electrons. The van der Waals surface area contributed by atoms with Crippen molar-refractivity contribution in [2.75, 3.05) is 0 Å². The molecule has 0 saturated carbocycles. The van der Waals surface area contributed by atoms with E-state index in [9.17, 15) is 0 Å². The molecule has 0 amide bonds. The van der Waals surface area contributed by atoms with Crippen LogP contribution in [0.1, 0.15) is 0 Å². The zero-order valence-electron chi connectivity index (χ0n) is 68.8. The molecular weight excluding hydrogens is 1570 g/mol. The topological polar surface area (TPSA) is 88.7 Å². The van der Waals surface area contributed by atoms with Gasteiger partial charge in [0, 0.05) is 97.6 Å². The Kier molecular flexibility index (Phi) is 15.7. The summed E-state index contributed by atoms with van der Waals surface area (Å²) in [6.45, 7) is 0. The van der Waals surface area contributed by atoms with Gasteiger partial charge in [0.05, 0.1) is 33.2 Å². The first kappa shape index (κ1) is 71.4. The van der Waals surface area contributed by atoms with Crippen LogP contribution in [0.2, 0.25) is 0 Å². The fourth-order valence-corrected chi connectivity index (χ4v) is 20.3. The molecule has 0 N–H and O–H groups in total. The van der Waals surface area contributed by atoms with Crippen LogP contribution in [0.25, 0.3) is 276 Å². The first-order chi connectivity index (χ1) is 63.4. The predicted octanol–water partition coefficient (Wildman–Crippen LogP) is 34.3. The Hall–Kier alpha value is -17.2. The Balaban J connectivity index is 0.000000132. The number of para-hydroxylation sites is 4. The lowest BCUT2D eigenvalue weighted by Crippen LogP contribution is -1.94. The Morgan fingerprint density at radius 3 is 0.594 bits per heavy atom. The average Bonchev–Trinajstić information content (AvgIpc) is 1.57. The van der Waals surface area contributed by atoms with Gasteiger partial charge in [-0.1, -0.05) is 267 Å². The van der Waals surface area contributed by atoms with E-state index >= 15 is 0 Å². The second-order valence-corrected chi connectivity index (χ2v) is 33.6. The minimum absolute atomic E-state index is 0.807. The summed E-state index contributed by atoms with van der Waals surface area (Å²) in [6, 6.07) is 151. The highest BCUT2D eigenvalue weighted by molar-refractivity contribution is 6.25. The van der Waals surface area contributed by atoms with E-state index < -0.39 is 0 Å². The van der Waals surface area contributed by atoms with Crippen LogP contribution in [0.4, 0.5) is 0 Å². The van der Waals surface area contributed by atoms with Crippen molar-refractivity contribution < 1.29 is 26.5 Å². The van der Waals surface area contributed by atoms with Gasteiger partial charge in [0.15, 0.2) is 0 Å². The molecule has 8 nitrogen and oxygen atoms in total. The summed E-state index contributed by atoms with van der Waals surface area (Å²) in [5, 5.41) is 17.8. The molecule has 8 aromatic heterocycles. The molecule has 0 bridgehead atoms. The van der Waals surface area contributed by atoms with Crippen molar-refractivity contribution >= 4 is 175 Å². The number of hydrogen-bond acceptors (Lipinski definition) is 6. The molecule has 0 aliphatic heterocycles. The lowest BCUT2D eigenvalue weighted by molar-refractivity contribution is 0.657. The summed E-state index contributed by atoms with van der Waals surface area (Å²) in [7, 11) is 0. The van der Waals surface area contributed by atoms with Gasteiger partial charge in [-0.3, -0.25) is 0 Å². The monoisotopic (exact) mass is 1630 g/mol. The third-order valence-corrected chi connectivity index (χ3v) is 26.4. The van der Waals surface area contributed by atoms with Crippen LogP contribution in [-0.2, 0) is 0 Å². The molecule has 596 valence electrons. The van der Waals surface area contributed by atoms with Crippen LogP contribution in [0, 0.1) is 0 Å². The summed E-state index contributed by atoms with van der Waals surface area (Å²) >= 11 is 0. The highest BCUT2D eigenvalue weighted by Gasteiger charge is 2.27. The van der Waals surface area contributed by atoms with Gasteiger partial charge < -0.3 is 35.6 Å². The molecule has 28 rings (SSSR count). The van der Waals surface area contributed by atoms with Gasteiger partial charge in [-0.2, -0.15) is 0 Å².